The molecule has 1 aliphatic carbocycles. The molecule has 1 aromatic carbocycles. The van der Waals surface area contributed by atoms with Crippen LogP contribution in [0.2, 0.25) is 0 Å². The number of nitrogens with two attached hydrogens (primary N) is 1. The van der Waals surface area contributed by atoms with Crippen LogP contribution in [0.25, 0.3) is 0 Å². The van der Waals surface area contributed by atoms with Crippen molar-refractivity contribution in [3.63, 3.8) is 0 Å². The van der Waals surface area contributed by atoms with E-state index in [0.29, 0.717) is 32.0 Å². The number of amides is 1. The summed E-state index contributed by atoms with van der Waals surface area (Å²) in [5.74, 6) is 0.807. The van der Waals surface area contributed by atoms with Gasteiger partial charge < -0.3 is 15.4 Å². The maximum Gasteiger partial charge on any atom is 0.222 e. The summed E-state index contributed by atoms with van der Waals surface area (Å²) in [6, 6.07) is 8.66. The minimum absolute atomic E-state index is 0.00124. The molecule has 2 N–H and O–H groups in total. The van der Waals surface area contributed by atoms with Gasteiger partial charge in [0.05, 0.1) is 6.10 Å². The lowest BCUT2D eigenvalue weighted by Gasteiger charge is -2.24. The molecule has 0 saturated carbocycles. The van der Waals surface area contributed by atoms with Crippen molar-refractivity contribution < 1.29 is 9.53 Å². The van der Waals surface area contributed by atoms with E-state index in [1.54, 1.807) is 0 Å². The highest BCUT2D eigenvalue weighted by atomic mass is 16.5. The largest absolute Gasteiger partial charge is 0.375 e. The lowest BCUT2D eigenvalue weighted by atomic mass is 9.96. The van der Waals surface area contributed by atoms with Gasteiger partial charge in [-0.3, -0.25) is 4.79 Å². The first-order valence-electron chi connectivity index (χ1n) is 8.45. The number of fused-ring (bicyclic) bond motifs is 1. The highest BCUT2D eigenvalue weighted by molar-refractivity contribution is 5.76. The van der Waals surface area contributed by atoms with Crippen LogP contribution in [0.15, 0.2) is 24.3 Å². The second-order valence-corrected chi connectivity index (χ2v) is 6.39. The molecule has 4 nitrogen and oxygen atoms in total. The van der Waals surface area contributed by atoms with Crippen LogP contribution in [-0.4, -0.2) is 43.2 Å². The van der Waals surface area contributed by atoms with Gasteiger partial charge in [-0.2, -0.15) is 0 Å². The quantitative estimate of drug-likeness (QED) is 0.926. The predicted molar refractivity (Wildman–Crippen MR) is 86.7 cm³/mol. The average molecular weight is 302 g/mol. The number of aryl methyl sites for hydroxylation is 1. The van der Waals surface area contributed by atoms with Crippen molar-refractivity contribution in [3.8, 4) is 0 Å². The summed E-state index contributed by atoms with van der Waals surface area (Å²) < 4.78 is 5.64. The van der Waals surface area contributed by atoms with E-state index in [2.05, 4.69) is 24.3 Å². The number of hydrogen-bond acceptors (Lipinski definition) is 3. The van der Waals surface area contributed by atoms with Gasteiger partial charge in [0.1, 0.15) is 0 Å². The number of nitrogens with zero attached hydrogens (tertiary/aromatic N) is 1. The number of hydrogen-bond donors (Lipinski definition) is 1. The van der Waals surface area contributed by atoms with E-state index < -0.39 is 0 Å². The van der Waals surface area contributed by atoms with E-state index in [4.69, 9.17) is 10.5 Å². The first kappa shape index (κ1) is 15.5. The molecular formula is C18H26N2O2. The van der Waals surface area contributed by atoms with Crippen LogP contribution in [0.5, 0.6) is 0 Å². The van der Waals surface area contributed by atoms with Crippen LogP contribution in [-0.2, 0) is 16.0 Å². The molecule has 0 aromatic heterocycles. The minimum Gasteiger partial charge on any atom is -0.375 e. The monoisotopic (exact) mass is 302 g/mol. The van der Waals surface area contributed by atoms with Gasteiger partial charge in [-0.25, -0.2) is 0 Å². The van der Waals surface area contributed by atoms with Crippen LogP contribution in [0.1, 0.15) is 42.7 Å². The molecule has 0 radical (unpaired) electrons. The summed E-state index contributed by atoms with van der Waals surface area (Å²) in [6.07, 6.45) is 4.84. The Morgan fingerprint density at radius 1 is 1.36 bits per heavy atom. The van der Waals surface area contributed by atoms with Gasteiger partial charge in [0.2, 0.25) is 5.91 Å². The molecule has 2 atom stereocenters. The molecule has 3 rings (SSSR count). The second-order valence-electron chi connectivity index (χ2n) is 6.39. The maximum atomic E-state index is 12.5. The lowest BCUT2D eigenvalue weighted by molar-refractivity contribution is -0.132. The van der Waals surface area contributed by atoms with Crippen LogP contribution >= 0.6 is 0 Å². The van der Waals surface area contributed by atoms with E-state index >= 15 is 0 Å². The van der Waals surface area contributed by atoms with Gasteiger partial charge in [0, 0.05) is 32.7 Å². The van der Waals surface area contributed by atoms with Crippen LogP contribution in [0.4, 0.5) is 0 Å². The maximum absolute atomic E-state index is 12.5. The molecule has 120 valence electrons. The van der Waals surface area contributed by atoms with Crippen molar-refractivity contribution in [2.45, 2.75) is 44.1 Å². The van der Waals surface area contributed by atoms with Crippen molar-refractivity contribution in [3.05, 3.63) is 35.4 Å². The Morgan fingerprint density at radius 3 is 3.09 bits per heavy atom. The molecular weight excluding hydrogens is 276 g/mol. The molecule has 1 heterocycles. The molecule has 0 bridgehead atoms. The molecule has 2 unspecified atom stereocenters. The Morgan fingerprint density at radius 2 is 2.23 bits per heavy atom. The van der Waals surface area contributed by atoms with Crippen LogP contribution < -0.4 is 5.73 Å². The molecule has 1 amide bonds. The summed E-state index contributed by atoms with van der Waals surface area (Å²) in [4.78, 5) is 14.5. The summed E-state index contributed by atoms with van der Waals surface area (Å²) in [7, 11) is 0. The van der Waals surface area contributed by atoms with Crippen molar-refractivity contribution in [1.82, 2.24) is 4.90 Å². The minimum atomic E-state index is -0.00124. The van der Waals surface area contributed by atoms with Gasteiger partial charge in [-0.1, -0.05) is 24.3 Å². The Balaban J connectivity index is 1.54. The molecule has 2 aliphatic rings. The van der Waals surface area contributed by atoms with E-state index in [-0.39, 0.29) is 12.0 Å². The Labute approximate surface area is 132 Å². The summed E-state index contributed by atoms with van der Waals surface area (Å²) in [5.41, 5.74) is 8.62. The van der Waals surface area contributed by atoms with E-state index in [1.807, 2.05) is 4.90 Å². The zero-order valence-electron chi connectivity index (χ0n) is 13.2. The SMILES string of the molecule is NCC1CN(C(=O)CCC2CCc3ccccc32)CCCO1. The highest BCUT2D eigenvalue weighted by Gasteiger charge is 2.25. The molecule has 1 aromatic rings. The first-order valence-corrected chi connectivity index (χ1v) is 8.45. The summed E-state index contributed by atoms with van der Waals surface area (Å²) >= 11 is 0. The third kappa shape index (κ3) is 3.50. The predicted octanol–water partition coefficient (Wildman–Crippen LogP) is 2.07. The summed E-state index contributed by atoms with van der Waals surface area (Å²) in [6.45, 7) is 2.65. The number of rotatable bonds is 4. The Bertz CT molecular complexity index is 518. The van der Waals surface area contributed by atoms with Crippen LogP contribution in [0, 0.1) is 0 Å². The van der Waals surface area contributed by atoms with Crippen molar-refractivity contribution >= 4 is 5.91 Å². The fourth-order valence-corrected chi connectivity index (χ4v) is 3.67. The Hall–Kier alpha value is -1.39. The van der Waals surface area contributed by atoms with Gasteiger partial charge in [-0.05, 0) is 42.7 Å². The summed E-state index contributed by atoms with van der Waals surface area (Å²) in [5, 5.41) is 0. The molecule has 22 heavy (non-hydrogen) atoms. The van der Waals surface area contributed by atoms with Gasteiger partial charge in [0.15, 0.2) is 0 Å². The van der Waals surface area contributed by atoms with Crippen molar-refractivity contribution in [1.29, 1.82) is 0 Å². The average Bonchev–Trinajstić information content (AvgIpc) is 2.80. The smallest absolute Gasteiger partial charge is 0.222 e. The number of carbonyl (C=O) groups excluding carboxylic acids is 1. The number of carbonyl (C=O) groups is 1. The van der Waals surface area contributed by atoms with E-state index in [1.165, 1.54) is 17.5 Å². The third-order valence-electron chi connectivity index (χ3n) is 4.93. The Kier molecular flexibility index (Phi) is 5.11. The van der Waals surface area contributed by atoms with Crippen LogP contribution in [0.3, 0.4) is 0 Å². The van der Waals surface area contributed by atoms with Crippen molar-refractivity contribution in [2.75, 3.05) is 26.2 Å². The first-order chi connectivity index (χ1) is 10.8. The van der Waals surface area contributed by atoms with Gasteiger partial charge in [0.25, 0.3) is 0 Å². The van der Waals surface area contributed by atoms with Gasteiger partial charge in [-0.15, -0.1) is 0 Å². The molecule has 1 fully saturated rings. The topological polar surface area (TPSA) is 55.6 Å². The zero-order valence-corrected chi connectivity index (χ0v) is 13.2. The standard InChI is InChI=1S/C18H26N2O2/c19-12-16-13-20(10-3-11-22-16)18(21)9-8-15-7-6-14-4-1-2-5-17(14)15/h1-2,4-5,15-16H,3,6-13,19H2. The molecule has 1 saturated heterocycles. The lowest BCUT2D eigenvalue weighted by Crippen LogP contribution is -2.39. The highest BCUT2D eigenvalue weighted by Crippen LogP contribution is 2.36. The molecule has 4 heteroatoms. The number of benzene rings is 1. The van der Waals surface area contributed by atoms with Crippen molar-refractivity contribution in [2.24, 2.45) is 5.73 Å². The third-order valence-corrected chi connectivity index (χ3v) is 4.93. The van der Waals surface area contributed by atoms with E-state index in [0.717, 1.165) is 25.8 Å². The van der Waals surface area contributed by atoms with Gasteiger partial charge >= 0.3 is 0 Å². The zero-order chi connectivity index (χ0) is 15.4. The molecule has 0 spiro atoms. The number of ether oxygens (including phenoxy) is 1. The molecule has 1 aliphatic heterocycles. The van der Waals surface area contributed by atoms with E-state index in [9.17, 15) is 4.79 Å². The fraction of sp³-hybridized carbons (Fsp3) is 0.611. The normalized spacial score (nSPS) is 24.9. The second kappa shape index (κ2) is 7.25. The fourth-order valence-electron chi connectivity index (χ4n) is 3.67.